The zero-order chi connectivity index (χ0) is 25.1. The first kappa shape index (κ1) is 23.9. The fourth-order valence-electron chi connectivity index (χ4n) is 4.45. The number of nitrogens with one attached hydrogen (secondary N) is 1. The molecule has 1 N–H and O–H groups in total. The van der Waals surface area contributed by atoms with Gasteiger partial charge in [-0.3, -0.25) is 19.7 Å². The van der Waals surface area contributed by atoms with E-state index >= 15 is 0 Å². The summed E-state index contributed by atoms with van der Waals surface area (Å²) in [5.41, 5.74) is 4.73. The van der Waals surface area contributed by atoms with Gasteiger partial charge in [0.05, 0.1) is 29.8 Å². The number of carbonyl (C=O) groups is 3. The molecule has 5 rings (SSSR count). The third-order valence-corrected chi connectivity index (χ3v) is 7.27. The maximum atomic E-state index is 13.2. The monoisotopic (exact) mass is 501 g/mol. The number of fused-ring (bicyclic) bond motifs is 1. The van der Waals surface area contributed by atoms with Crippen molar-refractivity contribution in [1.29, 1.82) is 0 Å². The highest BCUT2D eigenvalue weighted by molar-refractivity contribution is 8.15. The summed E-state index contributed by atoms with van der Waals surface area (Å²) in [4.78, 5) is 40.4. The average molecular weight is 502 g/mol. The SMILES string of the molecule is Cc1ccc2c(c1)C(=O)N(CCCOc1ccc(CC3SC(=O)NC3=O)cc1)CN2c1ccccc1. The van der Waals surface area contributed by atoms with Crippen LogP contribution in [0.2, 0.25) is 0 Å². The fourth-order valence-corrected chi connectivity index (χ4v) is 5.31. The zero-order valence-electron chi connectivity index (χ0n) is 20.0. The van der Waals surface area contributed by atoms with Gasteiger partial charge in [-0.25, -0.2) is 0 Å². The molecule has 2 aliphatic heterocycles. The second-order valence-corrected chi connectivity index (χ2v) is 10.1. The Morgan fingerprint density at radius 1 is 1.00 bits per heavy atom. The molecule has 2 aliphatic rings. The van der Waals surface area contributed by atoms with E-state index in [-0.39, 0.29) is 22.3 Å². The van der Waals surface area contributed by atoms with Crippen molar-refractivity contribution in [2.24, 2.45) is 0 Å². The molecule has 3 aromatic rings. The highest BCUT2D eigenvalue weighted by Crippen LogP contribution is 2.34. The minimum Gasteiger partial charge on any atom is -0.494 e. The van der Waals surface area contributed by atoms with Crippen LogP contribution in [0.5, 0.6) is 5.75 Å². The molecule has 1 fully saturated rings. The second kappa shape index (κ2) is 10.5. The predicted octanol–water partition coefficient (Wildman–Crippen LogP) is 4.91. The van der Waals surface area contributed by atoms with Crippen LogP contribution < -0.4 is 15.0 Å². The molecular weight excluding hydrogens is 474 g/mol. The van der Waals surface area contributed by atoms with E-state index in [9.17, 15) is 14.4 Å². The van der Waals surface area contributed by atoms with Crippen LogP contribution in [0, 0.1) is 6.92 Å². The Bertz CT molecular complexity index is 1280. The summed E-state index contributed by atoms with van der Waals surface area (Å²) < 4.78 is 5.91. The van der Waals surface area contributed by atoms with Gasteiger partial charge in [-0.2, -0.15) is 0 Å². The van der Waals surface area contributed by atoms with Gasteiger partial charge in [-0.05, 0) is 61.7 Å². The number of hydrogen-bond acceptors (Lipinski definition) is 6. The van der Waals surface area contributed by atoms with Gasteiger partial charge < -0.3 is 14.5 Å². The molecule has 3 aromatic carbocycles. The normalized spacial score (nSPS) is 17.2. The molecule has 0 bridgehead atoms. The number of aryl methyl sites for hydroxylation is 1. The van der Waals surface area contributed by atoms with E-state index < -0.39 is 0 Å². The number of anilines is 2. The van der Waals surface area contributed by atoms with Gasteiger partial charge in [0.2, 0.25) is 5.91 Å². The Morgan fingerprint density at radius 2 is 1.78 bits per heavy atom. The molecule has 1 unspecified atom stereocenters. The van der Waals surface area contributed by atoms with E-state index in [1.54, 1.807) is 0 Å². The van der Waals surface area contributed by atoms with E-state index in [1.165, 1.54) is 0 Å². The zero-order valence-corrected chi connectivity index (χ0v) is 20.8. The van der Waals surface area contributed by atoms with Crippen molar-refractivity contribution < 1.29 is 19.1 Å². The van der Waals surface area contributed by atoms with Crippen molar-refractivity contribution >= 4 is 40.2 Å². The number of hydrogen-bond donors (Lipinski definition) is 1. The first-order valence-electron chi connectivity index (χ1n) is 11.9. The van der Waals surface area contributed by atoms with Crippen molar-refractivity contribution in [3.63, 3.8) is 0 Å². The molecule has 0 aromatic heterocycles. The van der Waals surface area contributed by atoms with E-state index in [1.807, 2.05) is 72.5 Å². The first-order valence-corrected chi connectivity index (χ1v) is 12.8. The van der Waals surface area contributed by atoms with Crippen LogP contribution >= 0.6 is 11.8 Å². The quantitative estimate of drug-likeness (QED) is 0.442. The molecule has 184 valence electrons. The lowest BCUT2D eigenvalue weighted by atomic mass is 10.0. The molecule has 0 radical (unpaired) electrons. The molecule has 1 atom stereocenters. The van der Waals surface area contributed by atoms with Gasteiger partial charge in [0.15, 0.2) is 0 Å². The summed E-state index contributed by atoms with van der Waals surface area (Å²) in [5, 5.41) is 1.64. The summed E-state index contributed by atoms with van der Waals surface area (Å²) in [6.07, 6.45) is 1.19. The number of benzene rings is 3. The van der Waals surface area contributed by atoms with Crippen LogP contribution in [0.1, 0.15) is 27.9 Å². The van der Waals surface area contributed by atoms with E-state index in [2.05, 4.69) is 22.3 Å². The molecule has 3 amide bonds. The molecular formula is C28H27N3O4S. The Kier molecular flexibility index (Phi) is 6.95. The third-order valence-electron chi connectivity index (χ3n) is 6.29. The summed E-state index contributed by atoms with van der Waals surface area (Å²) in [6.45, 7) is 3.54. The minimum atomic E-state index is -0.379. The number of rotatable bonds is 8. The Hall–Kier alpha value is -3.78. The average Bonchev–Trinajstić information content (AvgIpc) is 3.20. The van der Waals surface area contributed by atoms with Crippen molar-refractivity contribution in [1.82, 2.24) is 10.2 Å². The van der Waals surface area contributed by atoms with Crippen molar-refractivity contribution in [2.45, 2.75) is 25.0 Å². The standard InChI is InChI=1S/C28H27N3O4S/c1-19-8-13-24-23(16-19)27(33)30(18-31(24)21-6-3-2-4-7-21)14-5-15-35-22-11-9-20(10-12-22)17-25-26(32)29-28(34)36-25/h2-4,6-13,16,25H,5,14-15,17-18H2,1H3,(H,29,32,34). The first-order chi connectivity index (χ1) is 17.5. The highest BCUT2D eigenvalue weighted by atomic mass is 32.2. The van der Waals surface area contributed by atoms with Gasteiger partial charge >= 0.3 is 0 Å². The molecule has 0 spiro atoms. The maximum Gasteiger partial charge on any atom is 0.286 e. The molecule has 2 heterocycles. The molecule has 36 heavy (non-hydrogen) atoms. The van der Waals surface area contributed by atoms with Crippen molar-refractivity contribution in [3.8, 4) is 5.75 Å². The van der Waals surface area contributed by atoms with Crippen LogP contribution in [0.25, 0.3) is 0 Å². The summed E-state index contributed by atoms with van der Waals surface area (Å²) in [5.74, 6) is 0.536. The topological polar surface area (TPSA) is 79.0 Å². The van der Waals surface area contributed by atoms with E-state index in [0.29, 0.717) is 32.7 Å². The van der Waals surface area contributed by atoms with Crippen LogP contribution in [0.4, 0.5) is 16.2 Å². The fraction of sp³-hybridized carbons (Fsp3) is 0.250. The summed E-state index contributed by atoms with van der Waals surface area (Å²) >= 11 is 1.03. The highest BCUT2D eigenvalue weighted by Gasteiger charge is 2.32. The molecule has 1 saturated heterocycles. The molecule has 7 nitrogen and oxygen atoms in total. The van der Waals surface area contributed by atoms with Crippen molar-refractivity contribution in [3.05, 3.63) is 89.5 Å². The predicted molar refractivity (Wildman–Crippen MR) is 141 cm³/mol. The van der Waals surface area contributed by atoms with Crippen molar-refractivity contribution in [2.75, 3.05) is 24.7 Å². The Balaban J connectivity index is 1.17. The van der Waals surface area contributed by atoms with Gasteiger partial charge in [-0.15, -0.1) is 0 Å². The number of nitrogens with zero attached hydrogens (tertiary/aromatic N) is 2. The lowest BCUT2D eigenvalue weighted by Crippen LogP contribution is -2.45. The number of carbonyl (C=O) groups excluding carboxylic acids is 3. The number of ether oxygens (including phenoxy) is 1. The third kappa shape index (κ3) is 5.23. The lowest BCUT2D eigenvalue weighted by Gasteiger charge is -2.38. The Morgan fingerprint density at radius 3 is 2.50 bits per heavy atom. The molecule has 0 aliphatic carbocycles. The van der Waals surface area contributed by atoms with Gasteiger partial charge in [0.1, 0.15) is 5.75 Å². The Labute approximate surface area is 214 Å². The minimum absolute atomic E-state index is 0.0394. The number of amides is 3. The van der Waals surface area contributed by atoms with Crippen LogP contribution in [-0.4, -0.2) is 47.0 Å². The van der Waals surface area contributed by atoms with Gasteiger partial charge in [0, 0.05) is 12.2 Å². The molecule has 0 saturated carbocycles. The number of imide groups is 1. The van der Waals surface area contributed by atoms with E-state index in [4.69, 9.17) is 4.74 Å². The maximum absolute atomic E-state index is 13.2. The number of para-hydroxylation sites is 1. The summed E-state index contributed by atoms with van der Waals surface area (Å²) in [6, 6.07) is 23.7. The smallest absolute Gasteiger partial charge is 0.286 e. The molecule has 8 heteroatoms. The van der Waals surface area contributed by atoms with Gasteiger partial charge in [0.25, 0.3) is 11.1 Å². The number of thioether (sulfide) groups is 1. The van der Waals surface area contributed by atoms with Crippen LogP contribution in [0.15, 0.2) is 72.8 Å². The van der Waals surface area contributed by atoms with Gasteiger partial charge in [-0.1, -0.05) is 53.7 Å². The lowest BCUT2D eigenvalue weighted by molar-refractivity contribution is -0.118. The largest absolute Gasteiger partial charge is 0.494 e. The van der Waals surface area contributed by atoms with Crippen LogP contribution in [-0.2, 0) is 11.2 Å². The second-order valence-electron chi connectivity index (χ2n) is 8.93. The summed E-state index contributed by atoms with van der Waals surface area (Å²) in [7, 11) is 0. The van der Waals surface area contributed by atoms with Crippen LogP contribution in [0.3, 0.4) is 0 Å². The van der Waals surface area contributed by atoms with E-state index in [0.717, 1.165) is 45.6 Å².